The van der Waals surface area contributed by atoms with E-state index in [0.717, 1.165) is 12.8 Å². The first-order chi connectivity index (χ1) is 6.25. The summed E-state index contributed by atoms with van der Waals surface area (Å²) in [6.07, 6.45) is 3.43. The van der Waals surface area contributed by atoms with Crippen molar-refractivity contribution in [2.24, 2.45) is 0 Å². The Morgan fingerprint density at radius 3 is 2.85 bits per heavy atom. The number of hydrogen-bond acceptors (Lipinski definition) is 2. The first-order valence-corrected chi connectivity index (χ1v) is 5.18. The number of nitrogens with zero attached hydrogens (tertiary/aromatic N) is 1. The van der Waals surface area contributed by atoms with Crippen LogP contribution in [0.5, 0.6) is 0 Å². The number of halogens is 1. The molecule has 0 saturated carbocycles. The van der Waals surface area contributed by atoms with Crippen molar-refractivity contribution in [1.82, 2.24) is 4.90 Å². The summed E-state index contributed by atoms with van der Waals surface area (Å²) in [5.41, 5.74) is 0. The number of likely N-dealkylation sites (tertiary alicyclic amines) is 1. The fourth-order valence-electron chi connectivity index (χ4n) is 1.42. The molecule has 0 radical (unpaired) electrons. The minimum Gasteiger partial charge on any atom is -0.283 e. The lowest BCUT2D eigenvalue weighted by Crippen LogP contribution is -2.40. The highest BCUT2D eigenvalue weighted by atomic mass is 35.5. The lowest BCUT2D eigenvalue weighted by Gasteiger charge is -2.24. The van der Waals surface area contributed by atoms with E-state index in [-0.39, 0.29) is 11.8 Å². The largest absolute Gasteiger partial charge is 0.283 e. The molecule has 4 heteroatoms. The van der Waals surface area contributed by atoms with Gasteiger partial charge in [0.1, 0.15) is 0 Å². The highest BCUT2D eigenvalue weighted by molar-refractivity contribution is 6.18. The zero-order valence-corrected chi connectivity index (χ0v) is 8.35. The summed E-state index contributed by atoms with van der Waals surface area (Å²) in [4.78, 5) is 24.1. The number of alkyl halides is 1. The van der Waals surface area contributed by atoms with Crippen LogP contribution in [0.4, 0.5) is 0 Å². The molecule has 1 heterocycles. The molecular formula is C9H14ClNO2. The molecule has 74 valence electrons. The molecule has 1 saturated heterocycles. The van der Waals surface area contributed by atoms with Gasteiger partial charge in [-0.15, -0.1) is 11.6 Å². The van der Waals surface area contributed by atoms with Crippen LogP contribution in [0.2, 0.25) is 0 Å². The van der Waals surface area contributed by atoms with Crippen LogP contribution >= 0.6 is 11.6 Å². The summed E-state index contributed by atoms with van der Waals surface area (Å²) < 4.78 is 0. The summed E-state index contributed by atoms with van der Waals surface area (Å²) >= 11 is 5.47. The molecule has 0 atom stereocenters. The number of imide groups is 1. The second-order valence-corrected chi connectivity index (χ2v) is 3.57. The molecule has 1 aliphatic heterocycles. The molecule has 0 spiro atoms. The summed E-state index contributed by atoms with van der Waals surface area (Å²) in [7, 11) is 0. The average Bonchev–Trinajstić information content (AvgIpc) is 2.15. The quantitative estimate of drug-likeness (QED) is 0.653. The maximum absolute atomic E-state index is 11.4. The molecule has 3 nitrogen and oxygen atoms in total. The van der Waals surface area contributed by atoms with Crippen LogP contribution in [0, 0.1) is 0 Å². The molecule has 0 aliphatic carbocycles. The van der Waals surface area contributed by atoms with Crippen LogP contribution in [0.1, 0.15) is 32.1 Å². The van der Waals surface area contributed by atoms with Gasteiger partial charge in [-0.1, -0.05) is 0 Å². The van der Waals surface area contributed by atoms with Crippen molar-refractivity contribution in [3.05, 3.63) is 0 Å². The molecular weight excluding hydrogens is 190 g/mol. The van der Waals surface area contributed by atoms with Crippen LogP contribution in [0.25, 0.3) is 0 Å². The van der Waals surface area contributed by atoms with Crippen molar-refractivity contribution in [2.75, 3.05) is 12.4 Å². The Balaban J connectivity index is 2.39. The molecule has 0 aromatic rings. The topological polar surface area (TPSA) is 37.4 Å². The first kappa shape index (κ1) is 10.5. The minimum atomic E-state index is -0.0645. The molecule has 2 amide bonds. The van der Waals surface area contributed by atoms with Gasteiger partial charge in [0.05, 0.1) is 0 Å². The first-order valence-electron chi connectivity index (χ1n) is 4.65. The maximum Gasteiger partial charge on any atom is 0.229 e. The lowest BCUT2D eigenvalue weighted by atomic mass is 10.1. The standard InChI is InChI=1S/C9H14ClNO2/c10-6-3-5-9(13)11-7-2-1-4-8(11)12/h1-7H2. The van der Waals surface area contributed by atoms with Gasteiger partial charge in [0, 0.05) is 25.3 Å². The van der Waals surface area contributed by atoms with E-state index in [9.17, 15) is 9.59 Å². The SMILES string of the molecule is O=C(CCCCl)N1CCCCC1=O. The Morgan fingerprint density at radius 2 is 2.23 bits per heavy atom. The smallest absolute Gasteiger partial charge is 0.229 e. The number of hydrogen-bond donors (Lipinski definition) is 0. The van der Waals surface area contributed by atoms with E-state index in [1.807, 2.05) is 0 Å². The molecule has 0 unspecified atom stereocenters. The second-order valence-electron chi connectivity index (χ2n) is 3.19. The number of rotatable bonds is 3. The summed E-state index contributed by atoms with van der Waals surface area (Å²) in [6, 6.07) is 0. The molecule has 0 aromatic carbocycles. The van der Waals surface area contributed by atoms with E-state index >= 15 is 0 Å². The monoisotopic (exact) mass is 203 g/mol. The van der Waals surface area contributed by atoms with Gasteiger partial charge in [0.25, 0.3) is 0 Å². The van der Waals surface area contributed by atoms with Gasteiger partial charge in [-0.25, -0.2) is 0 Å². The Morgan fingerprint density at radius 1 is 1.46 bits per heavy atom. The summed E-state index contributed by atoms with van der Waals surface area (Å²) in [5.74, 6) is 0.393. The van der Waals surface area contributed by atoms with Gasteiger partial charge in [-0.3, -0.25) is 14.5 Å². The van der Waals surface area contributed by atoms with E-state index in [1.165, 1.54) is 4.90 Å². The summed E-state index contributed by atoms with van der Waals surface area (Å²) in [5, 5.41) is 0. The highest BCUT2D eigenvalue weighted by Crippen LogP contribution is 2.12. The van der Waals surface area contributed by atoms with E-state index < -0.39 is 0 Å². The lowest BCUT2D eigenvalue weighted by molar-refractivity contribution is -0.146. The van der Waals surface area contributed by atoms with Crippen LogP contribution in [0.15, 0.2) is 0 Å². The minimum absolute atomic E-state index is 0.0224. The fraction of sp³-hybridized carbons (Fsp3) is 0.778. The second kappa shape index (κ2) is 5.22. The van der Waals surface area contributed by atoms with Crippen molar-refractivity contribution < 1.29 is 9.59 Å². The Hall–Kier alpha value is -0.570. The number of carbonyl (C=O) groups excluding carboxylic acids is 2. The van der Waals surface area contributed by atoms with Gasteiger partial charge < -0.3 is 0 Å². The third-order valence-corrected chi connectivity index (χ3v) is 2.42. The van der Waals surface area contributed by atoms with Gasteiger partial charge >= 0.3 is 0 Å². The predicted molar refractivity (Wildman–Crippen MR) is 50.5 cm³/mol. The van der Waals surface area contributed by atoms with Gasteiger partial charge in [-0.2, -0.15) is 0 Å². The highest BCUT2D eigenvalue weighted by Gasteiger charge is 2.23. The zero-order valence-electron chi connectivity index (χ0n) is 7.59. The third-order valence-electron chi connectivity index (χ3n) is 2.15. The van der Waals surface area contributed by atoms with Crippen molar-refractivity contribution in [3.8, 4) is 0 Å². The van der Waals surface area contributed by atoms with Gasteiger partial charge in [0.2, 0.25) is 11.8 Å². The van der Waals surface area contributed by atoms with E-state index in [2.05, 4.69) is 0 Å². The molecule has 1 fully saturated rings. The molecule has 1 aliphatic rings. The van der Waals surface area contributed by atoms with Crippen LogP contribution in [-0.4, -0.2) is 29.1 Å². The third kappa shape index (κ3) is 2.99. The predicted octanol–water partition coefficient (Wildman–Crippen LogP) is 1.54. The van der Waals surface area contributed by atoms with Crippen molar-refractivity contribution >= 4 is 23.4 Å². The van der Waals surface area contributed by atoms with Gasteiger partial charge in [-0.05, 0) is 19.3 Å². The van der Waals surface area contributed by atoms with E-state index in [4.69, 9.17) is 11.6 Å². The molecule has 0 N–H and O–H groups in total. The fourth-order valence-corrected chi connectivity index (χ4v) is 1.56. The summed E-state index contributed by atoms with van der Waals surface area (Å²) in [6.45, 7) is 0.597. The normalized spacial score (nSPS) is 17.6. The van der Waals surface area contributed by atoms with Gasteiger partial charge in [0.15, 0.2) is 0 Å². The van der Waals surface area contributed by atoms with E-state index in [0.29, 0.717) is 31.7 Å². The maximum atomic E-state index is 11.4. The van der Waals surface area contributed by atoms with Crippen molar-refractivity contribution in [1.29, 1.82) is 0 Å². The Kier molecular flexibility index (Phi) is 4.22. The van der Waals surface area contributed by atoms with Crippen molar-refractivity contribution in [3.63, 3.8) is 0 Å². The van der Waals surface area contributed by atoms with Crippen LogP contribution < -0.4 is 0 Å². The van der Waals surface area contributed by atoms with Crippen molar-refractivity contribution in [2.45, 2.75) is 32.1 Å². The number of amides is 2. The average molecular weight is 204 g/mol. The number of carbonyl (C=O) groups is 2. The number of piperidine rings is 1. The molecule has 0 aromatic heterocycles. The Bertz CT molecular complexity index is 206. The zero-order chi connectivity index (χ0) is 9.68. The Labute approximate surface area is 83.0 Å². The van der Waals surface area contributed by atoms with Crippen LogP contribution in [0.3, 0.4) is 0 Å². The van der Waals surface area contributed by atoms with Crippen LogP contribution in [-0.2, 0) is 9.59 Å². The molecule has 13 heavy (non-hydrogen) atoms. The molecule has 0 bridgehead atoms. The van der Waals surface area contributed by atoms with E-state index in [1.54, 1.807) is 0 Å². The molecule has 1 rings (SSSR count).